The van der Waals surface area contributed by atoms with Crippen LogP contribution in [0.4, 0.5) is 0 Å². The summed E-state index contributed by atoms with van der Waals surface area (Å²) < 4.78 is 0. The van der Waals surface area contributed by atoms with E-state index in [-0.39, 0.29) is 0 Å². The predicted molar refractivity (Wildman–Crippen MR) is 87.5 cm³/mol. The average molecular weight is 317 g/mol. The number of quaternary nitrogens is 1. The molecule has 6 nitrogen and oxygen atoms in total. The Hall–Kier alpha value is -2.09. The molecule has 0 fully saturated rings. The van der Waals surface area contributed by atoms with Gasteiger partial charge in [-0.2, -0.15) is 0 Å². The fraction of sp³-hybridized carbons (Fsp3) is 0.235. The van der Waals surface area contributed by atoms with Crippen molar-refractivity contribution >= 4 is 21.8 Å². The lowest BCUT2D eigenvalue weighted by atomic mass is 10.1. The molecule has 0 saturated heterocycles. The number of aromatic nitrogens is 1. The normalized spacial score (nSPS) is 11.3. The minimum absolute atomic E-state index is 0.722. The molecule has 2 aromatic carbocycles. The van der Waals surface area contributed by atoms with Crippen molar-refractivity contribution in [2.24, 2.45) is 0 Å². The Kier molecular flexibility index (Phi) is 5.97. The van der Waals surface area contributed by atoms with Gasteiger partial charge in [-0.15, -0.1) is 0 Å². The van der Waals surface area contributed by atoms with E-state index in [1.165, 1.54) is 39.2 Å². The zero-order chi connectivity index (χ0) is 16.7. The van der Waals surface area contributed by atoms with Crippen LogP contribution in [0, 0.1) is 0 Å². The molecule has 122 valence electrons. The van der Waals surface area contributed by atoms with Gasteiger partial charge in [0.2, 0.25) is 5.14 Å². The molecule has 0 aliphatic heterocycles. The lowest BCUT2D eigenvalue weighted by Gasteiger charge is -2.18. The van der Waals surface area contributed by atoms with E-state index in [0.29, 0.717) is 0 Å². The summed E-state index contributed by atoms with van der Waals surface area (Å²) in [7, 11) is 5.60. The molecule has 1 aromatic heterocycles. The van der Waals surface area contributed by atoms with Gasteiger partial charge < -0.3 is 0 Å². The Bertz CT molecular complexity index is 637. The third-order valence-corrected chi connectivity index (χ3v) is 3.32. The summed E-state index contributed by atoms with van der Waals surface area (Å²) >= 11 is 0. The lowest BCUT2D eigenvalue weighted by Crippen LogP contribution is -2.43. The van der Waals surface area contributed by atoms with E-state index in [1.54, 1.807) is 0 Å². The van der Waals surface area contributed by atoms with Gasteiger partial charge >= 0.3 is 0 Å². The summed E-state index contributed by atoms with van der Waals surface area (Å²) in [5.41, 5.74) is 2.12. The lowest BCUT2D eigenvalue weighted by molar-refractivity contribution is -1.47. The molecule has 1 heterocycles. The Morgan fingerprint density at radius 2 is 1.04 bits per heavy atom. The predicted octanol–water partition coefficient (Wildman–Crippen LogP) is 3.44. The van der Waals surface area contributed by atoms with Crippen LogP contribution in [0.15, 0.2) is 54.6 Å². The number of para-hydroxylation sites is 2. The summed E-state index contributed by atoms with van der Waals surface area (Å²) in [5, 5.41) is 1.68. The minimum Gasteiger partial charge on any atom is -0.248 e. The topological polar surface area (TPSA) is 49.8 Å². The van der Waals surface area contributed by atoms with Gasteiger partial charge in [-0.25, -0.2) is 4.98 Å². The van der Waals surface area contributed by atoms with Gasteiger partial charge in [0, 0.05) is 10.8 Å². The highest BCUT2D eigenvalue weighted by Gasteiger charge is 2.31. The fourth-order valence-electron chi connectivity index (χ4n) is 2.17. The number of nitrogens with zero attached hydrogens (tertiary/aromatic N) is 2. The van der Waals surface area contributed by atoms with E-state index < -0.39 is 5.14 Å². The van der Waals surface area contributed by atoms with Crippen molar-refractivity contribution in [3.05, 3.63) is 54.6 Å². The van der Waals surface area contributed by atoms with Crippen molar-refractivity contribution in [3.63, 3.8) is 0 Å². The SMILES string of the molecule is CO[N+](OC)(OC)OC.c1ccc2nc3ccccc3cc2c1. The zero-order valence-electron chi connectivity index (χ0n) is 13.7. The van der Waals surface area contributed by atoms with Crippen molar-refractivity contribution in [2.45, 2.75) is 0 Å². The highest BCUT2D eigenvalue weighted by molar-refractivity contribution is 5.92. The molecule has 0 bridgehead atoms. The molecule has 6 heteroatoms. The van der Waals surface area contributed by atoms with Crippen LogP contribution in [0.25, 0.3) is 21.8 Å². The van der Waals surface area contributed by atoms with E-state index in [1.807, 2.05) is 36.4 Å². The molecule has 0 spiro atoms. The summed E-state index contributed by atoms with van der Waals surface area (Å²) in [5.74, 6) is 0. The Labute approximate surface area is 135 Å². The molecule has 0 saturated carbocycles. The van der Waals surface area contributed by atoms with Crippen LogP contribution in [-0.4, -0.2) is 38.6 Å². The first-order chi connectivity index (χ1) is 11.2. The van der Waals surface area contributed by atoms with Crippen molar-refractivity contribution < 1.29 is 24.5 Å². The third-order valence-electron chi connectivity index (χ3n) is 3.32. The molecule has 0 unspecified atom stereocenters. The van der Waals surface area contributed by atoms with Gasteiger partial charge in [-0.1, -0.05) is 55.7 Å². The summed E-state index contributed by atoms with van der Waals surface area (Å²) in [6.45, 7) is 0. The number of hydrogen-bond donors (Lipinski definition) is 0. The van der Waals surface area contributed by atoms with Crippen LogP contribution in [-0.2, 0) is 19.4 Å². The second-order valence-electron chi connectivity index (χ2n) is 4.55. The molecule has 0 aliphatic carbocycles. The van der Waals surface area contributed by atoms with E-state index in [2.05, 4.69) is 42.5 Å². The quantitative estimate of drug-likeness (QED) is 0.419. The molecule has 3 aromatic rings. The molecule has 0 radical (unpaired) electrons. The number of rotatable bonds is 4. The Morgan fingerprint density at radius 3 is 1.39 bits per heavy atom. The number of fused-ring (bicyclic) bond motifs is 2. The maximum Gasteiger partial charge on any atom is 0.246 e. The van der Waals surface area contributed by atoms with Crippen molar-refractivity contribution in [2.75, 3.05) is 28.4 Å². The van der Waals surface area contributed by atoms with Gasteiger partial charge in [0.1, 0.15) is 28.4 Å². The second kappa shape index (κ2) is 7.96. The van der Waals surface area contributed by atoms with Crippen LogP contribution in [0.2, 0.25) is 0 Å². The maximum atomic E-state index is 4.66. The monoisotopic (exact) mass is 317 g/mol. The summed E-state index contributed by atoms with van der Waals surface area (Å²) in [6.07, 6.45) is 0. The Balaban J connectivity index is 0.000000188. The zero-order valence-corrected chi connectivity index (χ0v) is 13.7. The van der Waals surface area contributed by atoms with Crippen molar-refractivity contribution in [1.29, 1.82) is 0 Å². The van der Waals surface area contributed by atoms with E-state index >= 15 is 0 Å². The molecular weight excluding hydrogens is 296 g/mol. The molecule has 0 amide bonds. The first-order valence-electron chi connectivity index (χ1n) is 7.04. The van der Waals surface area contributed by atoms with Crippen LogP contribution in [0.1, 0.15) is 0 Å². The molecular formula is C17H21N2O4+. The number of hydrogen-bond acceptors (Lipinski definition) is 5. The highest BCUT2D eigenvalue weighted by atomic mass is 17.4. The average Bonchev–Trinajstić information content (AvgIpc) is 2.63. The van der Waals surface area contributed by atoms with Crippen LogP contribution >= 0.6 is 0 Å². The highest BCUT2D eigenvalue weighted by Crippen LogP contribution is 2.18. The second-order valence-corrected chi connectivity index (χ2v) is 4.55. The first-order valence-corrected chi connectivity index (χ1v) is 7.04. The third kappa shape index (κ3) is 4.01. The summed E-state index contributed by atoms with van der Waals surface area (Å²) in [4.78, 5) is 23.2. The maximum absolute atomic E-state index is 4.66. The molecule has 23 heavy (non-hydrogen) atoms. The molecule has 0 N–H and O–H groups in total. The number of pyridine rings is 1. The fourth-order valence-corrected chi connectivity index (χ4v) is 2.17. The van der Waals surface area contributed by atoms with E-state index in [4.69, 9.17) is 0 Å². The van der Waals surface area contributed by atoms with Gasteiger partial charge in [0.15, 0.2) is 0 Å². The smallest absolute Gasteiger partial charge is 0.246 e. The van der Waals surface area contributed by atoms with Crippen LogP contribution < -0.4 is 0 Å². The van der Waals surface area contributed by atoms with Gasteiger partial charge in [0.25, 0.3) is 0 Å². The first kappa shape index (κ1) is 17.3. The molecule has 3 rings (SSSR count). The van der Waals surface area contributed by atoms with Gasteiger partial charge in [-0.05, 0) is 18.2 Å². The van der Waals surface area contributed by atoms with E-state index in [9.17, 15) is 0 Å². The van der Waals surface area contributed by atoms with Crippen molar-refractivity contribution in [1.82, 2.24) is 4.98 Å². The standard InChI is InChI=1S/C13H9N.C4H12NO4/c1-3-7-12-10(5-1)9-11-6-2-4-8-13(11)14-12;1-6-5(7-2,8-3)9-4/h1-9H;1-4H3/q;+1. The molecule has 0 aliphatic rings. The van der Waals surface area contributed by atoms with Gasteiger partial charge in [0.05, 0.1) is 11.0 Å². The largest absolute Gasteiger partial charge is 0.248 e. The molecule has 0 atom stereocenters. The van der Waals surface area contributed by atoms with Gasteiger partial charge in [-0.3, -0.25) is 0 Å². The van der Waals surface area contributed by atoms with Crippen molar-refractivity contribution in [3.8, 4) is 0 Å². The summed E-state index contributed by atoms with van der Waals surface area (Å²) in [6, 6.07) is 18.6. The number of benzene rings is 2. The Morgan fingerprint density at radius 1 is 0.652 bits per heavy atom. The van der Waals surface area contributed by atoms with E-state index in [0.717, 1.165) is 11.0 Å². The van der Waals surface area contributed by atoms with Crippen LogP contribution in [0.3, 0.4) is 0 Å². The van der Waals surface area contributed by atoms with Crippen LogP contribution in [0.5, 0.6) is 0 Å². The minimum atomic E-state index is -0.722.